The highest BCUT2D eigenvalue weighted by Gasteiger charge is 2.31. The van der Waals surface area contributed by atoms with E-state index in [2.05, 4.69) is 19.0 Å². The van der Waals surface area contributed by atoms with E-state index in [1.807, 2.05) is 4.90 Å². The molecular weight excluding hydrogens is 178 g/mol. The van der Waals surface area contributed by atoms with E-state index in [1.165, 1.54) is 12.8 Å². The zero-order valence-corrected chi connectivity index (χ0v) is 9.16. The second-order valence-electron chi connectivity index (χ2n) is 4.15. The maximum atomic E-state index is 8.55. The minimum absolute atomic E-state index is 0.255. The van der Waals surface area contributed by atoms with Crippen molar-refractivity contribution in [1.82, 2.24) is 4.90 Å². The van der Waals surface area contributed by atoms with Crippen LogP contribution >= 0.6 is 0 Å². The minimum atomic E-state index is 0.255. The molecule has 1 fully saturated rings. The van der Waals surface area contributed by atoms with Crippen molar-refractivity contribution >= 4 is 5.96 Å². The fourth-order valence-corrected chi connectivity index (χ4v) is 2.23. The lowest BCUT2D eigenvalue weighted by Gasteiger charge is -2.41. The highest BCUT2D eigenvalue weighted by Crippen LogP contribution is 2.37. The zero-order valence-electron chi connectivity index (χ0n) is 9.16. The largest absolute Gasteiger partial charge is 0.408 e. The number of hydrogen-bond acceptors (Lipinski definition) is 2. The Morgan fingerprint density at radius 1 is 1.36 bits per heavy atom. The van der Waals surface area contributed by atoms with E-state index in [4.69, 9.17) is 10.9 Å². The highest BCUT2D eigenvalue weighted by molar-refractivity contribution is 5.77. The van der Waals surface area contributed by atoms with Gasteiger partial charge < -0.3 is 15.8 Å². The summed E-state index contributed by atoms with van der Waals surface area (Å²) in [5.74, 6) is 0.255. The summed E-state index contributed by atoms with van der Waals surface area (Å²) in [6.07, 6.45) is 4.76. The number of nitrogens with zero attached hydrogens (tertiary/aromatic N) is 2. The molecule has 4 heteroatoms. The van der Waals surface area contributed by atoms with Gasteiger partial charge in [-0.15, -0.1) is 0 Å². The summed E-state index contributed by atoms with van der Waals surface area (Å²) in [6.45, 7) is 6.33. The van der Waals surface area contributed by atoms with Crippen LogP contribution in [0.4, 0.5) is 0 Å². The molecule has 0 bridgehead atoms. The van der Waals surface area contributed by atoms with Crippen molar-refractivity contribution in [3.8, 4) is 0 Å². The molecule has 1 aliphatic heterocycles. The van der Waals surface area contributed by atoms with Gasteiger partial charge in [-0.05, 0) is 18.3 Å². The van der Waals surface area contributed by atoms with Crippen molar-refractivity contribution in [2.24, 2.45) is 16.3 Å². The number of oxime groups is 1. The molecule has 0 aromatic heterocycles. The number of guanidine groups is 1. The first-order valence-electron chi connectivity index (χ1n) is 5.40. The zero-order chi connectivity index (χ0) is 10.6. The van der Waals surface area contributed by atoms with Crippen LogP contribution in [0.3, 0.4) is 0 Å². The summed E-state index contributed by atoms with van der Waals surface area (Å²) < 4.78 is 0. The summed E-state index contributed by atoms with van der Waals surface area (Å²) in [7, 11) is 0. The van der Waals surface area contributed by atoms with Crippen molar-refractivity contribution in [3.63, 3.8) is 0 Å². The van der Waals surface area contributed by atoms with Gasteiger partial charge in [0.1, 0.15) is 0 Å². The second kappa shape index (κ2) is 4.53. The van der Waals surface area contributed by atoms with Crippen LogP contribution in [0.2, 0.25) is 0 Å². The molecule has 0 saturated carbocycles. The molecule has 0 aromatic rings. The molecule has 0 amide bonds. The molecule has 0 unspecified atom stereocenters. The Kier molecular flexibility index (Phi) is 3.61. The van der Waals surface area contributed by atoms with Crippen LogP contribution in [0.1, 0.15) is 39.5 Å². The monoisotopic (exact) mass is 199 g/mol. The van der Waals surface area contributed by atoms with E-state index < -0.39 is 0 Å². The van der Waals surface area contributed by atoms with E-state index in [0.717, 1.165) is 25.9 Å². The van der Waals surface area contributed by atoms with Crippen molar-refractivity contribution < 1.29 is 5.21 Å². The molecular formula is C10H21N3O. The predicted octanol–water partition coefficient (Wildman–Crippen LogP) is 1.59. The average Bonchev–Trinajstić information content (AvgIpc) is 2.28. The van der Waals surface area contributed by atoms with E-state index >= 15 is 0 Å². The average molecular weight is 199 g/mol. The van der Waals surface area contributed by atoms with Crippen LogP contribution in [-0.2, 0) is 0 Å². The Labute approximate surface area is 85.8 Å². The number of rotatable bonds is 2. The van der Waals surface area contributed by atoms with Crippen LogP contribution in [0.5, 0.6) is 0 Å². The molecule has 4 nitrogen and oxygen atoms in total. The lowest BCUT2D eigenvalue weighted by Crippen LogP contribution is -2.46. The fourth-order valence-electron chi connectivity index (χ4n) is 2.23. The summed E-state index contributed by atoms with van der Waals surface area (Å²) in [6, 6.07) is 0. The first-order valence-corrected chi connectivity index (χ1v) is 5.40. The minimum Gasteiger partial charge on any atom is -0.408 e. The Balaban J connectivity index is 2.53. The maximum Gasteiger partial charge on any atom is 0.233 e. The molecule has 0 atom stereocenters. The molecule has 0 radical (unpaired) electrons. The maximum absolute atomic E-state index is 8.55. The Hall–Kier alpha value is -0.930. The van der Waals surface area contributed by atoms with Gasteiger partial charge in [0, 0.05) is 13.1 Å². The first-order chi connectivity index (χ1) is 6.67. The van der Waals surface area contributed by atoms with E-state index in [-0.39, 0.29) is 5.96 Å². The number of piperidine rings is 1. The summed E-state index contributed by atoms with van der Waals surface area (Å²) in [5, 5.41) is 11.6. The van der Waals surface area contributed by atoms with E-state index in [0.29, 0.717) is 5.41 Å². The quantitative estimate of drug-likeness (QED) is 0.307. The van der Waals surface area contributed by atoms with Gasteiger partial charge in [0.15, 0.2) is 0 Å². The van der Waals surface area contributed by atoms with E-state index in [9.17, 15) is 0 Å². The summed E-state index contributed by atoms with van der Waals surface area (Å²) >= 11 is 0. The molecule has 14 heavy (non-hydrogen) atoms. The van der Waals surface area contributed by atoms with E-state index in [1.54, 1.807) is 0 Å². The van der Waals surface area contributed by atoms with Gasteiger partial charge in [-0.1, -0.05) is 31.8 Å². The standard InChI is InChI=1S/C10H21N3O/c1-3-10(4-2)5-7-13(8-6-10)9(11)12-14/h14H,3-8H2,1-2H3,(H2,11,12). The normalized spacial score (nSPS) is 22.4. The second-order valence-corrected chi connectivity index (χ2v) is 4.15. The van der Waals surface area contributed by atoms with Crippen molar-refractivity contribution in [3.05, 3.63) is 0 Å². The van der Waals surface area contributed by atoms with Gasteiger partial charge in [0.2, 0.25) is 5.96 Å². The lowest BCUT2D eigenvalue weighted by molar-refractivity contribution is 0.132. The van der Waals surface area contributed by atoms with Gasteiger partial charge >= 0.3 is 0 Å². The molecule has 1 saturated heterocycles. The number of hydrogen-bond donors (Lipinski definition) is 2. The third kappa shape index (κ3) is 2.11. The molecule has 3 N–H and O–H groups in total. The SMILES string of the molecule is CCC1(CC)CCN(C(N)=NO)CC1. The predicted molar refractivity (Wildman–Crippen MR) is 57.2 cm³/mol. The highest BCUT2D eigenvalue weighted by atomic mass is 16.4. The first kappa shape index (κ1) is 11.1. The van der Waals surface area contributed by atoms with Crippen LogP contribution in [-0.4, -0.2) is 29.2 Å². The Morgan fingerprint density at radius 3 is 2.21 bits per heavy atom. The third-order valence-corrected chi connectivity index (χ3v) is 3.75. The van der Waals surface area contributed by atoms with Crippen molar-refractivity contribution in [2.45, 2.75) is 39.5 Å². The van der Waals surface area contributed by atoms with Crippen molar-refractivity contribution in [1.29, 1.82) is 0 Å². The van der Waals surface area contributed by atoms with Crippen LogP contribution in [0.15, 0.2) is 5.16 Å². The molecule has 0 aliphatic carbocycles. The van der Waals surface area contributed by atoms with Crippen LogP contribution in [0, 0.1) is 5.41 Å². The van der Waals surface area contributed by atoms with Gasteiger partial charge in [0.05, 0.1) is 0 Å². The summed E-state index contributed by atoms with van der Waals surface area (Å²) in [4.78, 5) is 1.95. The smallest absolute Gasteiger partial charge is 0.233 e. The van der Waals surface area contributed by atoms with Gasteiger partial charge in [0.25, 0.3) is 0 Å². The van der Waals surface area contributed by atoms with Gasteiger partial charge in [-0.25, -0.2) is 0 Å². The molecule has 1 heterocycles. The van der Waals surface area contributed by atoms with Crippen molar-refractivity contribution in [2.75, 3.05) is 13.1 Å². The van der Waals surface area contributed by atoms with Gasteiger partial charge in [-0.2, -0.15) is 0 Å². The van der Waals surface area contributed by atoms with Gasteiger partial charge in [-0.3, -0.25) is 0 Å². The fraction of sp³-hybridized carbons (Fsp3) is 0.900. The number of nitrogens with two attached hydrogens (primary N) is 1. The molecule has 82 valence electrons. The Morgan fingerprint density at radius 2 is 1.86 bits per heavy atom. The Bertz CT molecular complexity index is 201. The molecule has 0 aromatic carbocycles. The topological polar surface area (TPSA) is 61.8 Å². The molecule has 0 spiro atoms. The molecule has 1 aliphatic rings. The number of likely N-dealkylation sites (tertiary alicyclic amines) is 1. The summed E-state index contributed by atoms with van der Waals surface area (Å²) in [5.41, 5.74) is 6.04. The van der Waals surface area contributed by atoms with Crippen LogP contribution in [0.25, 0.3) is 0 Å². The molecule has 1 rings (SSSR count). The van der Waals surface area contributed by atoms with Crippen LogP contribution < -0.4 is 5.73 Å². The lowest BCUT2D eigenvalue weighted by atomic mass is 9.74. The third-order valence-electron chi connectivity index (χ3n) is 3.75.